The summed E-state index contributed by atoms with van der Waals surface area (Å²) in [5.74, 6) is 2.57. The molecular weight excluding hydrogens is 422 g/mol. The molecular formula is C23H27N7O3. The predicted octanol–water partition coefficient (Wildman–Crippen LogP) is 4.06. The van der Waals surface area contributed by atoms with Gasteiger partial charge in [-0.15, -0.1) is 5.11 Å². The summed E-state index contributed by atoms with van der Waals surface area (Å²) in [6.07, 6.45) is 0. The van der Waals surface area contributed by atoms with Crippen LogP contribution < -0.4 is 19.7 Å². The van der Waals surface area contributed by atoms with Crippen molar-refractivity contribution in [1.82, 2.24) is 15.0 Å². The van der Waals surface area contributed by atoms with Gasteiger partial charge >= 0.3 is 0 Å². The third-order valence-electron chi connectivity index (χ3n) is 5.11. The van der Waals surface area contributed by atoms with Crippen LogP contribution in [0.4, 0.5) is 23.5 Å². The quantitative estimate of drug-likeness (QED) is 0.513. The summed E-state index contributed by atoms with van der Waals surface area (Å²) >= 11 is 0. The van der Waals surface area contributed by atoms with Gasteiger partial charge in [-0.3, -0.25) is 0 Å². The first-order chi connectivity index (χ1) is 16.1. The molecule has 1 aliphatic heterocycles. The Morgan fingerprint density at radius 1 is 1.00 bits per heavy atom. The van der Waals surface area contributed by atoms with Crippen LogP contribution in [-0.2, 0) is 11.3 Å². The van der Waals surface area contributed by atoms with Gasteiger partial charge in [-0.2, -0.15) is 20.1 Å². The second-order valence-electron chi connectivity index (χ2n) is 7.43. The molecule has 1 aromatic heterocycles. The molecule has 4 rings (SSSR count). The van der Waals surface area contributed by atoms with Gasteiger partial charge in [0, 0.05) is 30.4 Å². The number of methoxy groups -OCH3 is 2. The largest absolute Gasteiger partial charge is 0.497 e. The lowest BCUT2D eigenvalue weighted by Gasteiger charge is -2.26. The Morgan fingerprint density at radius 2 is 1.79 bits per heavy atom. The summed E-state index contributed by atoms with van der Waals surface area (Å²) in [5.41, 5.74) is 2.93. The first kappa shape index (κ1) is 22.4. The Balaban J connectivity index is 1.57. The first-order valence-corrected chi connectivity index (χ1v) is 10.7. The first-order valence-electron chi connectivity index (χ1n) is 10.7. The molecule has 0 unspecified atom stereocenters. The number of nitrogens with one attached hydrogen (secondary N) is 1. The molecule has 0 amide bonds. The van der Waals surface area contributed by atoms with Crippen molar-refractivity contribution in [1.29, 1.82) is 0 Å². The molecule has 0 saturated carbocycles. The van der Waals surface area contributed by atoms with Gasteiger partial charge in [0.1, 0.15) is 11.5 Å². The molecule has 3 aromatic rings. The van der Waals surface area contributed by atoms with Gasteiger partial charge in [-0.05, 0) is 31.2 Å². The van der Waals surface area contributed by atoms with Crippen LogP contribution in [-0.4, -0.2) is 55.5 Å². The number of rotatable bonds is 8. The molecule has 0 spiro atoms. The Bertz CT molecular complexity index is 1100. The van der Waals surface area contributed by atoms with E-state index < -0.39 is 0 Å². The van der Waals surface area contributed by atoms with Gasteiger partial charge in [0.2, 0.25) is 11.9 Å². The van der Waals surface area contributed by atoms with Crippen molar-refractivity contribution in [2.45, 2.75) is 13.5 Å². The monoisotopic (exact) mass is 449 g/mol. The maximum Gasteiger partial charge on any atom is 0.275 e. The molecule has 33 heavy (non-hydrogen) atoms. The zero-order valence-corrected chi connectivity index (χ0v) is 19.0. The summed E-state index contributed by atoms with van der Waals surface area (Å²) in [7, 11) is 3.22. The van der Waals surface area contributed by atoms with Crippen LogP contribution in [0, 0.1) is 6.92 Å². The maximum atomic E-state index is 5.45. The van der Waals surface area contributed by atoms with E-state index in [1.165, 1.54) is 5.56 Å². The fourth-order valence-electron chi connectivity index (χ4n) is 3.28. The summed E-state index contributed by atoms with van der Waals surface area (Å²) in [6.45, 7) is 5.01. The fraction of sp³-hybridized carbons (Fsp3) is 0.348. The highest BCUT2D eigenvalue weighted by molar-refractivity contribution is 5.55. The Hall–Kier alpha value is -3.79. The number of anilines is 3. The number of hydrogen-bond donors (Lipinski definition) is 1. The smallest absolute Gasteiger partial charge is 0.275 e. The normalized spacial score (nSPS) is 13.8. The second kappa shape index (κ2) is 10.7. The van der Waals surface area contributed by atoms with Crippen molar-refractivity contribution in [2.75, 3.05) is 50.7 Å². The number of hydrogen-bond acceptors (Lipinski definition) is 10. The van der Waals surface area contributed by atoms with Crippen molar-refractivity contribution in [3.8, 4) is 11.5 Å². The van der Waals surface area contributed by atoms with E-state index >= 15 is 0 Å². The lowest BCUT2D eigenvalue weighted by Crippen LogP contribution is -2.37. The summed E-state index contributed by atoms with van der Waals surface area (Å²) in [6, 6.07) is 13.6. The van der Waals surface area contributed by atoms with Crippen LogP contribution in [0.25, 0.3) is 0 Å². The minimum Gasteiger partial charge on any atom is -0.497 e. The van der Waals surface area contributed by atoms with Crippen molar-refractivity contribution in [3.05, 3.63) is 53.6 Å². The lowest BCUT2D eigenvalue weighted by molar-refractivity contribution is 0.122. The molecule has 1 N–H and O–H groups in total. The third kappa shape index (κ3) is 5.92. The number of morpholine rings is 1. The van der Waals surface area contributed by atoms with E-state index in [2.05, 4.69) is 35.4 Å². The SMILES string of the molecule is COc1ccc(CN=Nc2nc(Nc3ccc(C)cc3)nc(N3CCOCC3)n2)c(OC)c1. The summed E-state index contributed by atoms with van der Waals surface area (Å²) < 4.78 is 16.1. The van der Waals surface area contributed by atoms with Crippen molar-refractivity contribution in [3.63, 3.8) is 0 Å². The highest BCUT2D eigenvalue weighted by Gasteiger charge is 2.17. The fourth-order valence-corrected chi connectivity index (χ4v) is 3.28. The second-order valence-corrected chi connectivity index (χ2v) is 7.43. The Labute approximate surface area is 192 Å². The summed E-state index contributed by atoms with van der Waals surface area (Å²) in [4.78, 5) is 15.6. The maximum absolute atomic E-state index is 5.45. The van der Waals surface area contributed by atoms with Crippen LogP contribution in [0.5, 0.6) is 11.5 Å². The molecule has 1 aliphatic rings. The third-order valence-corrected chi connectivity index (χ3v) is 5.11. The molecule has 10 heteroatoms. The van der Waals surface area contributed by atoms with E-state index in [1.807, 2.05) is 49.4 Å². The molecule has 0 radical (unpaired) electrons. The van der Waals surface area contributed by atoms with Gasteiger partial charge in [-0.1, -0.05) is 17.7 Å². The number of aromatic nitrogens is 3. The minimum atomic E-state index is 0.230. The summed E-state index contributed by atoms with van der Waals surface area (Å²) in [5, 5.41) is 11.8. The number of nitrogens with zero attached hydrogens (tertiary/aromatic N) is 6. The average Bonchev–Trinajstić information content (AvgIpc) is 2.86. The Morgan fingerprint density at radius 3 is 2.52 bits per heavy atom. The minimum absolute atomic E-state index is 0.230. The van der Waals surface area contributed by atoms with Crippen LogP contribution >= 0.6 is 0 Å². The molecule has 0 bridgehead atoms. The number of azo groups is 1. The van der Waals surface area contributed by atoms with Crippen LogP contribution in [0.1, 0.15) is 11.1 Å². The molecule has 2 aromatic carbocycles. The standard InChI is InChI=1S/C23H27N7O3/c1-16-4-7-18(8-5-16)25-21-26-22(28-23(27-21)30-10-12-33-13-11-30)29-24-15-17-6-9-19(31-2)14-20(17)32-3/h4-9,14H,10-13,15H2,1-3H3,(H,25,26,27,28). The molecule has 0 atom stereocenters. The average molecular weight is 450 g/mol. The zero-order valence-electron chi connectivity index (χ0n) is 19.0. The lowest BCUT2D eigenvalue weighted by atomic mass is 10.2. The number of aryl methyl sites for hydroxylation is 1. The van der Waals surface area contributed by atoms with E-state index in [4.69, 9.17) is 14.2 Å². The molecule has 1 fully saturated rings. The molecule has 2 heterocycles. The predicted molar refractivity (Wildman–Crippen MR) is 125 cm³/mol. The highest BCUT2D eigenvalue weighted by Crippen LogP contribution is 2.26. The van der Waals surface area contributed by atoms with Crippen molar-refractivity contribution in [2.24, 2.45) is 10.2 Å². The zero-order chi connectivity index (χ0) is 23.0. The van der Waals surface area contributed by atoms with Gasteiger partial charge in [0.15, 0.2) is 0 Å². The topological polar surface area (TPSA) is 106 Å². The van der Waals surface area contributed by atoms with Crippen LogP contribution in [0.15, 0.2) is 52.7 Å². The van der Waals surface area contributed by atoms with E-state index in [9.17, 15) is 0 Å². The molecule has 0 aliphatic carbocycles. The van der Waals surface area contributed by atoms with Crippen LogP contribution in [0.2, 0.25) is 0 Å². The van der Waals surface area contributed by atoms with Crippen molar-refractivity contribution >= 4 is 23.5 Å². The van der Waals surface area contributed by atoms with Gasteiger partial charge < -0.3 is 24.4 Å². The van der Waals surface area contributed by atoms with Crippen LogP contribution in [0.3, 0.4) is 0 Å². The van der Waals surface area contributed by atoms with E-state index in [0.717, 1.165) is 11.3 Å². The molecule has 172 valence electrons. The number of benzene rings is 2. The highest BCUT2D eigenvalue weighted by atomic mass is 16.5. The molecule has 1 saturated heterocycles. The number of ether oxygens (including phenoxy) is 3. The van der Waals surface area contributed by atoms with E-state index in [-0.39, 0.29) is 5.95 Å². The van der Waals surface area contributed by atoms with Gasteiger partial charge in [0.05, 0.1) is 34.0 Å². The van der Waals surface area contributed by atoms with Crippen molar-refractivity contribution < 1.29 is 14.2 Å². The van der Waals surface area contributed by atoms with Gasteiger partial charge in [-0.25, -0.2) is 0 Å². The molecule has 10 nitrogen and oxygen atoms in total. The van der Waals surface area contributed by atoms with E-state index in [1.54, 1.807) is 14.2 Å². The van der Waals surface area contributed by atoms with E-state index in [0.29, 0.717) is 56.2 Å². The Kier molecular flexibility index (Phi) is 7.26. The van der Waals surface area contributed by atoms with Gasteiger partial charge in [0.25, 0.3) is 5.95 Å².